The summed E-state index contributed by atoms with van der Waals surface area (Å²) in [4.78, 5) is 2.88. The SMILES string of the molecule is O=S(=O)([N-]S(=O)(=O)C(F)(F)F)C(F)(F)F.c1csc[nH+]1. The van der Waals surface area contributed by atoms with E-state index < -0.39 is 31.1 Å². The van der Waals surface area contributed by atoms with E-state index >= 15 is 0 Å². The predicted molar refractivity (Wildman–Crippen MR) is 54.2 cm³/mol. The van der Waals surface area contributed by atoms with Gasteiger partial charge >= 0.3 is 11.0 Å². The fourth-order valence-corrected chi connectivity index (χ4v) is 2.51. The summed E-state index contributed by atoms with van der Waals surface area (Å²) in [7, 11) is -13.4. The van der Waals surface area contributed by atoms with Gasteiger partial charge in [0.1, 0.15) is 0 Å². The maximum atomic E-state index is 11.4. The maximum absolute atomic E-state index is 11.4. The van der Waals surface area contributed by atoms with Gasteiger partial charge in [-0.05, 0) is 0 Å². The molecule has 0 aliphatic heterocycles. The summed E-state index contributed by atoms with van der Waals surface area (Å²) < 4.78 is 109. The molecule has 1 aromatic rings. The maximum Gasteiger partial charge on any atom is 0.480 e. The molecule has 20 heavy (non-hydrogen) atoms. The van der Waals surface area contributed by atoms with E-state index in [4.69, 9.17) is 0 Å². The molecule has 6 nitrogen and oxygen atoms in total. The molecule has 1 rings (SSSR count). The Morgan fingerprint density at radius 1 is 0.900 bits per heavy atom. The van der Waals surface area contributed by atoms with Crippen LogP contribution in [0.4, 0.5) is 26.3 Å². The van der Waals surface area contributed by atoms with Crippen LogP contribution in [0.3, 0.4) is 0 Å². The average molecular weight is 366 g/mol. The molecule has 118 valence electrons. The first kappa shape index (κ1) is 19.1. The first-order valence-electron chi connectivity index (χ1n) is 3.96. The fourth-order valence-electron chi connectivity index (χ4n) is 0.410. The number of nitrogens with zero attached hydrogens (tertiary/aromatic N) is 1. The Hall–Kier alpha value is -0.930. The third-order valence-electron chi connectivity index (χ3n) is 1.16. The minimum atomic E-state index is -6.72. The number of alkyl halides is 6. The Labute approximate surface area is 112 Å². The normalized spacial score (nSPS) is 13.5. The Bertz CT molecular complexity index is 543. The number of hydrogen-bond donors (Lipinski definition) is 0. The lowest BCUT2D eigenvalue weighted by molar-refractivity contribution is -0.370. The van der Waals surface area contributed by atoms with Crippen molar-refractivity contribution in [2.45, 2.75) is 11.0 Å². The number of aromatic amines is 1. The minimum Gasteiger partial charge on any atom is -0.421 e. The van der Waals surface area contributed by atoms with Crippen molar-refractivity contribution in [2.75, 3.05) is 0 Å². The van der Waals surface area contributed by atoms with Crippen molar-refractivity contribution in [1.82, 2.24) is 0 Å². The monoisotopic (exact) mass is 366 g/mol. The Morgan fingerprint density at radius 2 is 1.30 bits per heavy atom. The number of thiazole rings is 1. The van der Waals surface area contributed by atoms with E-state index in [0.29, 0.717) is 0 Å². The van der Waals surface area contributed by atoms with Gasteiger partial charge in [0.05, 0.1) is 5.38 Å². The van der Waals surface area contributed by atoms with Crippen LogP contribution in [0.2, 0.25) is 0 Å². The number of sulfonamides is 2. The van der Waals surface area contributed by atoms with Gasteiger partial charge in [-0.2, -0.15) is 26.3 Å². The summed E-state index contributed by atoms with van der Waals surface area (Å²) in [5.74, 6) is 0. The molecule has 0 radical (unpaired) electrons. The van der Waals surface area contributed by atoms with Crippen LogP contribution < -0.4 is 4.98 Å². The van der Waals surface area contributed by atoms with Gasteiger partial charge in [-0.25, -0.2) is 21.8 Å². The van der Waals surface area contributed by atoms with E-state index in [1.54, 1.807) is 11.3 Å². The van der Waals surface area contributed by atoms with Crippen molar-refractivity contribution in [3.63, 3.8) is 0 Å². The van der Waals surface area contributed by atoms with Crippen molar-refractivity contribution in [3.05, 3.63) is 21.2 Å². The van der Waals surface area contributed by atoms with Gasteiger partial charge in [0.15, 0.2) is 26.2 Å². The summed E-state index contributed by atoms with van der Waals surface area (Å²) in [5.41, 5.74) is -10.5. The smallest absolute Gasteiger partial charge is 0.421 e. The van der Waals surface area contributed by atoms with Crippen LogP contribution in [0, 0.1) is 0 Å². The third kappa shape index (κ3) is 5.59. The second-order valence-electron chi connectivity index (χ2n) is 2.64. The summed E-state index contributed by atoms with van der Waals surface area (Å²) in [5, 5.41) is 1.99. The number of halogens is 6. The number of aromatic nitrogens is 1. The molecule has 0 saturated heterocycles. The number of H-pyrrole nitrogens is 1. The molecule has 0 amide bonds. The zero-order valence-corrected chi connectivity index (χ0v) is 11.3. The molecule has 0 spiro atoms. The standard InChI is InChI=1S/C3H3NS.C2F6NO4S2/c1-2-5-3-4-1;3-1(4,5)14(10,11)9-15(12,13)2(6,7)8/h1-3H;/q;-1/p+1. The molecule has 0 atom stereocenters. The highest BCUT2D eigenvalue weighted by molar-refractivity contribution is 8.13. The van der Waals surface area contributed by atoms with Crippen LogP contribution in [-0.2, 0) is 20.0 Å². The average Bonchev–Trinajstić information content (AvgIpc) is 2.68. The van der Waals surface area contributed by atoms with Gasteiger partial charge in [0.2, 0.25) is 5.51 Å². The van der Waals surface area contributed by atoms with Gasteiger partial charge in [0, 0.05) is 0 Å². The first-order chi connectivity index (χ1) is 8.71. The molecule has 1 heterocycles. The third-order valence-corrected chi connectivity index (χ3v) is 4.47. The highest BCUT2D eigenvalue weighted by atomic mass is 32.3. The molecule has 0 aliphatic carbocycles. The van der Waals surface area contributed by atoms with Gasteiger partial charge in [-0.15, -0.1) is 0 Å². The Kier molecular flexibility index (Phi) is 5.94. The molecular formula is C5H4F6N2O4S3. The van der Waals surface area contributed by atoms with Gasteiger partial charge in [-0.1, -0.05) is 11.3 Å². The van der Waals surface area contributed by atoms with Crippen LogP contribution in [0.1, 0.15) is 0 Å². The summed E-state index contributed by atoms with van der Waals surface area (Å²) in [6, 6.07) is 0. The Balaban J connectivity index is 0.000000595. The first-order valence-corrected chi connectivity index (χ1v) is 7.78. The summed E-state index contributed by atoms with van der Waals surface area (Å²) >= 11 is 1.66. The molecule has 0 aliphatic rings. The molecular weight excluding hydrogens is 362 g/mol. The molecule has 0 aromatic carbocycles. The van der Waals surface area contributed by atoms with Crippen LogP contribution >= 0.6 is 11.3 Å². The largest absolute Gasteiger partial charge is 0.480 e. The minimum absolute atomic E-state index is 0.778. The van der Waals surface area contributed by atoms with Crippen molar-refractivity contribution < 1.29 is 48.2 Å². The second kappa shape index (κ2) is 6.23. The number of nitrogens with one attached hydrogen (secondary N) is 1. The van der Waals surface area contributed by atoms with Crippen molar-refractivity contribution in [1.29, 1.82) is 0 Å². The molecule has 15 heteroatoms. The van der Waals surface area contributed by atoms with Crippen LogP contribution in [0.5, 0.6) is 0 Å². The topological polar surface area (TPSA) is 96.5 Å². The van der Waals surface area contributed by atoms with E-state index in [2.05, 4.69) is 4.98 Å². The molecule has 0 saturated carbocycles. The summed E-state index contributed by atoms with van der Waals surface area (Å²) in [6.45, 7) is 0. The highest BCUT2D eigenvalue weighted by Gasteiger charge is 2.46. The lowest BCUT2D eigenvalue weighted by Gasteiger charge is -2.22. The fraction of sp³-hybridized carbons (Fsp3) is 0.400. The van der Waals surface area contributed by atoms with E-state index in [9.17, 15) is 43.2 Å². The van der Waals surface area contributed by atoms with Crippen molar-refractivity contribution >= 4 is 31.4 Å². The molecule has 0 fully saturated rings. The van der Waals surface area contributed by atoms with E-state index in [1.807, 2.05) is 17.1 Å². The number of rotatable bonds is 2. The van der Waals surface area contributed by atoms with E-state index in [1.165, 1.54) is 0 Å². The van der Waals surface area contributed by atoms with Crippen LogP contribution in [-0.4, -0.2) is 27.9 Å². The van der Waals surface area contributed by atoms with Gasteiger partial charge in [0.25, 0.3) is 0 Å². The molecule has 0 bridgehead atoms. The lowest BCUT2D eigenvalue weighted by atomic mass is 11.0. The number of hydrogen-bond acceptors (Lipinski definition) is 5. The molecule has 0 unspecified atom stereocenters. The van der Waals surface area contributed by atoms with E-state index in [-0.39, 0.29) is 0 Å². The van der Waals surface area contributed by atoms with E-state index in [0.717, 1.165) is 4.13 Å². The zero-order chi connectivity index (χ0) is 16.2. The lowest BCUT2D eigenvalue weighted by Crippen LogP contribution is -2.30. The zero-order valence-electron chi connectivity index (χ0n) is 8.80. The van der Waals surface area contributed by atoms with Crippen molar-refractivity contribution in [3.8, 4) is 0 Å². The van der Waals surface area contributed by atoms with Gasteiger partial charge < -0.3 is 4.13 Å². The predicted octanol–water partition coefficient (Wildman–Crippen LogP) is 1.62. The van der Waals surface area contributed by atoms with Crippen molar-refractivity contribution in [2.24, 2.45) is 0 Å². The molecule has 1 N–H and O–H groups in total. The Morgan fingerprint density at radius 3 is 1.45 bits per heavy atom. The molecule has 1 aromatic heterocycles. The van der Waals surface area contributed by atoms with Gasteiger partial charge in [-0.3, -0.25) is 0 Å². The second-order valence-corrected chi connectivity index (χ2v) is 6.84. The van der Waals surface area contributed by atoms with Crippen LogP contribution in [0.25, 0.3) is 4.13 Å². The summed E-state index contributed by atoms with van der Waals surface area (Å²) in [6.07, 6.45) is 1.89. The highest BCUT2D eigenvalue weighted by Crippen LogP contribution is 2.36. The van der Waals surface area contributed by atoms with Crippen LogP contribution in [0.15, 0.2) is 17.1 Å². The quantitative estimate of drug-likeness (QED) is 0.743.